The van der Waals surface area contributed by atoms with Crippen molar-refractivity contribution < 1.29 is 4.79 Å². The molecule has 3 saturated carbocycles. The third-order valence-electron chi connectivity index (χ3n) is 4.08. The van der Waals surface area contributed by atoms with Crippen molar-refractivity contribution in [2.24, 2.45) is 17.6 Å². The molecule has 1 amide bonds. The van der Waals surface area contributed by atoms with Crippen molar-refractivity contribution >= 4 is 5.91 Å². The van der Waals surface area contributed by atoms with Crippen LogP contribution in [0.3, 0.4) is 0 Å². The first-order valence-corrected chi connectivity index (χ1v) is 5.68. The molecule has 80 valence electrons. The molecule has 0 aliphatic heterocycles. The van der Waals surface area contributed by atoms with E-state index < -0.39 is 0 Å². The van der Waals surface area contributed by atoms with Gasteiger partial charge in [0.25, 0.3) is 0 Å². The van der Waals surface area contributed by atoms with E-state index in [-0.39, 0.29) is 12.5 Å². The van der Waals surface area contributed by atoms with Crippen LogP contribution in [0.2, 0.25) is 0 Å². The van der Waals surface area contributed by atoms with Crippen LogP contribution in [0.25, 0.3) is 0 Å². The number of likely N-dealkylation sites (N-methyl/N-ethyl adjacent to an activating group) is 1. The number of amides is 1. The second kappa shape index (κ2) is 3.89. The molecule has 3 nitrogen and oxygen atoms in total. The van der Waals surface area contributed by atoms with Gasteiger partial charge in [-0.15, -0.1) is 0 Å². The Labute approximate surface area is 85.6 Å². The van der Waals surface area contributed by atoms with E-state index in [0.717, 1.165) is 11.8 Å². The summed E-state index contributed by atoms with van der Waals surface area (Å²) in [5.74, 6) is 1.72. The third kappa shape index (κ3) is 1.65. The predicted octanol–water partition coefficient (Wildman–Crippen LogP) is 0.982. The van der Waals surface area contributed by atoms with Gasteiger partial charge < -0.3 is 10.6 Å². The molecule has 3 fully saturated rings. The topological polar surface area (TPSA) is 46.3 Å². The van der Waals surface area contributed by atoms with Crippen LogP contribution in [0.15, 0.2) is 0 Å². The summed E-state index contributed by atoms with van der Waals surface area (Å²) < 4.78 is 0. The van der Waals surface area contributed by atoms with Crippen LogP contribution in [0, 0.1) is 11.8 Å². The van der Waals surface area contributed by atoms with Gasteiger partial charge >= 0.3 is 0 Å². The normalized spacial score (nSPS) is 35.7. The highest BCUT2D eigenvalue weighted by molar-refractivity contribution is 5.78. The molecule has 3 rings (SSSR count). The molecule has 3 heteroatoms. The van der Waals surface area contributed by atoms with Gasteiger partial charge in [0.1, 0.15) is 0 Å². The molecule has 0 saturated heterocycles. The van der Waals surface area contributed by atoms with E-state index in [1.165, 1.54) is 32.1 Å². The van der Waals surface area contributed by atoms with Gasteiger partial charge in [-0.05, 0) is 31.1 Å². The van der Waals surface area contributed by atoms with Crippen molar-refractivity contribution in [1.29, 1.82) is 0 Å². The van der Waals surface area contributed by atoms with Gasteiger partial charge in [-0.25, -0.2) is 0 Å². The van der Waals surface area contributed by atoms with Crippen LogP contribution in [-0.4, -0.2) is 30.4 Å². The first-order valence-electron chi connectivity index (χ1n) is 5.68. The lowest BCUT2D eigenvalue weighted by Crippen LogP contribution is -2.49. The molecule has 2 N–H and O–H groups in total. The van der Waals surface area contributed by atoms with Crippen molar-refractivity contribution in [2.75, 3.05) is 13.6 Å². The van der Waals surface area contributed by atoms with Crippen LogP contribution in [-0.2, 0) is 4.79 Å². The van der Waals surface area contributed by atoms with Crippen LogP contribution in [0.4, 0.5) is 0 Å². The van der Waals surface area contributed by atoms with Gasteiger partial charge in [-0.3, -0.25) is 4.79 Å². The number of nitrogens with two attached hydrogens (primary N) is 1. The summed E-state index contributed by atoms with van der Waals surface area (Å²) in [4.78, 5) is 13.4. The summed E-state index contributed by atoms with van der Waals surface area (Å²) in [5, 5.41) is 0. The van der Waals surface area contributed by atoms with Crippen LogP contribution < -0.4 is 5.73 Å². The van der Waals surface area contributed by atoms with Gasteiger partial charge in [0.15, 0.2) is 0 Å². The molecule has 3 aliphatic carbocycles. The number of carbonyl (C=O) groups is 1. The average molecular weight is 196 g/mol. The number of fused-ring (bicyclic) bond motifs is 3. The lowest BCUT2D eigenvalue weighted by molar-refractivity contribution is -0.133. The van der Waals surface area contributed by atoms with Gasteiger partial charge in [-0.2, -0.15) is 0 Å². The van der Waals surface area contributed by atoms with Gasteiger partial charge in [-0.1, -0.05) is 12.8 Å². The molecule has 2 bridgehead atoms. The molecule has 0 heterocycles. The maximum atomic E-state index is 11.5. The molecule has 0 aromatic rings. The Hall–Kier alpha value is -0.570. The van der Waals surface area contributed by atoms with Crippen molar-refractivity contribution in [1.82, 2.24) is 4.90 Å². The molecular formula is C11H20N2O. The summed E-state index contributed by atoms with van der Waals surface area (Å²) in [6, 6.07) is 0.485. The Morgan fingerprint density at radius 1 is 1.36 bits per heavy atom. The van der Waals surface area contributed by atoms with Crippen LogP contribution >= 0.6 is 0 Å². The van der Waals surface area contributed by atoms with Crippen molar-refractivity contribution in [2.45, 2.75) is 38.1 Å². The second-order valence-electron chi connectivity index (χ2n) is 4.79. The highest BCUT2D eigenvalue weighted by Gasteiger charge is 2.38. The van der Waals surface area contributed by atoms with Gasteiger partial charge in [0.05, 0.1) is 6.54 Å². The number of carbonyl (C=O) groups excluding carboxylic acids is 1. The quantitative estimate of drug-likeness (QED) is 0.715. The summed E-state index contributed by atoms with van der Waals surface area (Å²) in [6.07, 6.45) is 6.61. The highest BCUT2D eigenvalue weighted by Crippen LogP contribution is 2.42. The number of hydrogen-bond acceptors (Lipinski definition) is 2. The highest BCUT2D eigenvalue weighted by atomic mass is 16.2. The molecule has 1 unspecified atom stereocenters. The zero-order valence-corrected chi connectivity index (χ0v) is 8.91. The fraction of sp³-hybridized carbons (Fsp3) is 0.909. The van der Waals surface area contributed by atoms with Crippen LogP contribution in [0.1, 0.15) is 32.1 Å². The minimum absolute atomic E-state index is 0.0996. The molecular weight excluding hydrogens is 176 g/mol. The summed E-state index contributed by atoms with van der Waals surface area (Å²) in [5.41, 5.74) is 5.39. The zero-order chi connectivity index (χ0) is 10.1. The molecule has 0 spiro atoms. The number of nitrogens with zero attached hydrogens (tertiary/aromatic N) is 1. The summed E-state index contributed by atoms with van der Waals surface area (Å²) >= 11 is 0. The molecule has 3 aliphatic rings. The largest absolute Gasteiger partial charge is 0.341 e. The van der Waals surface area contributed by atoms with Crippen molar-refractivity contribution in [3.63, 3.8) is 0 Å². The third-order valence-corrected chi connectivity index (χ3v) is 4.08. The van der Waals surface area contributed by atoms with E-state index in [1.807, 2.05) is 11.9 Å². The standard InChI is InChI=1S/C11H20N2O/c1-13(11(14)7-12)10-6-8-2-4-9(10)5-3-8/h8-10H,2-7,12H2,1H3. The number of rotatable bonds is 2. The molecule has 14 heavy (non-hydrogen) atoms. The van der Waals surface area contributed by atoms with Crippen molar-refractivity contribution in [3.05, 3.63) is 0 Å². The minimum Gasteiger partial charge on any atom is -0.341 e. The lowest BCUT2D eigenvalue weighted by atomic mass is 9.67. The first kappa shape index (κ1) is 9.97. The molecule has 0 aromatic carbocycles. The Bertz CT molecular complexity index is 221. The zero-order valence-electron chi connectivity index (χ0n) is 8.91. The SMILES string of the molecule is CN(C(=O)CN)C1CC2CCC1CC2. The summed E-state index contributed by atoms with van der Waals surface area (Å²) in [7, 11) is 1.92. The second-order valence-corrected chi connectivity index (χ2v) is 4.79. The van der Waals surface area contributed by atoms with Crippen LogP contribution in [0.5, 0.6) is 0 Å². The van der Waals surface area contributed by atoms with E-state index in [2.05, 4.69) is 0 Å². The van der Waals surface area contributed by atoms with E-state index >= 15 is 0 Å². The molecule has 0 aromatic heterocycles. The fourth-order valence-electron chi connectivity index (χ4n) is 3.15. The van der Waals surface area contributed by atoms with Gasteiger partial charge in [0.2, 0.25) is 5.91 Å². The van der Waals surface area contributed by atoms with E-state index in [0.29, 0.717) is 6.04 Å². The Morgan fingerprint density at radius 2 is 2.00 bits per heavy atom. The maximum Gasteiger partial charge on any atom is 0.236 e. The summed E-state index contributed by atoms with van der Waals surface area (Å²) in [6.45, 7) is 0.157. The van der Waals surface area contributed by atoms with E-state index in [1.54, 1.807) is 0 Å². The Balaban J connectivity index is 2.01. The maximum absolute atomic E-state index is 11.5. The first-order chi connectivity index (χ1) is 6.72. The monoisotopic (exact) mass is 196 g/mol. The minimum atomic E-state index is 0.0996. The predicted molar refractivity (Wildman–Crippen MR) is 55.7 cm³/mol. The van der Waals surface area contributed by atoms with Gasteiger partial charge in [0, 0.05) is 13.1 Å². The average Bonchev–Trinajstić information content (AvgIpc) is 2.28. The lowest BCUT2D eigenvalue weighted by Gasteiger charge is -2.46. The fourth-order valence-corrected chi connectivity index (χ4v) is 3.15. The molecule has 0 radical (unpaired) electrons. The van der Waals surface area contributed by atoms with E-state index in [4.69, 9.17) is 5.73 Å². The molecule has 1 atom stereocenters. The Kier molecular flexibility index (Phi) is 2.77. The smallest absolute Gasteiger partial charge is 0.236 e. The van der Waals surface area contributed by atoms with Crippen molar-refractivity contribution in [3.8, 4) is 0 Å². The van der Waals surface area contributed by atoms with E-state index in [9.17, 15) is 4.79 Å². The number of hydrogen-bond donors (Lipinski definition) is 1. The Morgan fingerprint density at radius 3 is 2.43 bits per heavy atom.